The number of ether oxygens (including phenoxy) is 1. The number of hydrogen-bond donors (Lipinski definition) is 0. The third-order valence-electron chi connectivity index (χ3n) is 5.19. The van der Waals surface area contributed by atoms with Crippen LogP contribution in [0.15, 0.2) is 48.8 Å². The standard InChI is InChI=1S/C22H25N3O2/c1-16-8-10-24(11-9-16)22(26)18-4-3-5-20(12-18)27-15-19-14-25-13-17(2)6-7-21(25)23-19/h3-7,12-14,16H,8-11,15H2,1-2H3. The minimum Gasteiger partial charge on any atom is -0.487 e. The van der Waals surface area contributed by atoms with E-state index in [1.165, 1.54) is 5.56 Å². The summed E-state index contributed by atoms with van der Waals surface area (Å²) < 4.78 is 7.91. The maximum absolute atomic E-state index is 12.7. The first-order valence-electron chi connectivity index (χ1n) is 9.55. The molecular weight excluding hydrogens is 338 g/mol. The lowest BCUT2D eigenvalue weighted by molar-refractivity contribution is 0.0696. The number of aromatic nitrogens is 2. The number of hydrogen-bond acceptors (Lipinski definition) is 3. The van der Waals surface area contributed by atoms with Gasteiger partial charge in [0.05, 0.1) is 5.69 Å². The molecule has 0 N–H and O–H groups in total. The normalized spacial score (nSPS) is 15.3. The third-order valence-corrected chi connectivity index (χ3v) is 5.19. The molecular formula is C22H25N3O2. The SMILES string of the molecule is Cc1ccc2nc(COc3cccc(C(=O)N4CCC(C)CC4)c3)cn2c1. The lowest BCUT2D eigenvalue weighted by atomic mass is 9.98. The first kappa shape index (κ1) is 17.6. The van der Waals surface area contributed by atoms with Crippen molar-refractivity contribution in [2.24, 2.45) is 5.92 Å². The number of pyridine rings is 1. The Bertz CT molecular complexity index is 955. The molecule has 1 amide bonds. The predicted octanol–water partition coefficient (Wildman–Crippen LogP) is 4.09. The molecule has 0 aliphatic carbocycles. The zero-order chi connectivity index (χ0) is 18.8. The van der Waals surface area contributed by atoms with Crippen LogP contribution in [-0.4, -0.2) is 33.3 Å². The van der Waals surface area contributed by atoms with Crippen molar-refractivity contribution in [2.45, 2.75) is 33.3 Å². The summed E-state index contributed by atoms with van der Waals surface area (Å²) in [5, 5.41) is 0. The topological polar surface area (TPSA) is 46.8 Å². The summed E-state index contributed by atoms with van der Waals surface area (Å²) in [5.41, 5.74) is 3.64. The summed E-state index contributed by atoms with van der Waals surface area (Å²) in [7, 11) is 0. The van der Waals surface area contributed by atoms with Gasteiger partial charge in [0, 0.05) is 31.0 Å². The van der Waals surface area contributed by atoms with Crippen molar-refractivity contribution >= 4 is 11.6 Å². The van der Waals surface area contributed by atoms with E-state index in [1.807, 2.05) is 58.1 Å². The molecule has 1 aliphatic heterocycles. The van der Waals surface area contributed by atoms with Gasteiger partial charge in [-0.15, -0.1) is 0 Å². The Morgan fingerprint density at radius 3 is 2.81 bits per heavy atom. The van der Waals surface area contributed by atoms with E-state index < -0.39 is 0 Å². The van der Waals surface area contributed by atoms with E-state index in [4.69, 9.17) is 4.74 Å². The van der Waals surface area contributed by atoms with Crippen molar-refractivity contribution in [3.05, 3.63) is 65.6 Å². The van der Waals surface area contributed by atoms with Crippen molar-refractivity contribution < 1.29 is 9.53 Å². The van der Waals surface area contributed by atoms with Crippen LogP contribution in [0.25, 0.3) is 5.65 Å². The lowest BCUT2D eigenvalue weighted by Crippen LogP contribution is -2.37. The highest BCUT2D eigenvalue weighted by molar-refractivity contribution is 5.94. The molecule has 0 atom stereocenters. The highest BCUT2D eigenvalue weighted by Gasteiger charge is 2.21. The molecule has 5 heteroatoms. The van der Waals surface area contributed by atoms with Crippen LogP contribution in [0.2, 0.25) is 0 Å². The fourth-order valence-electron chi connectivity index (χ4n) is 3.50. The van der Waals surface area contributed by atoms with Gasteiger partial charge < -0.3 is 14.0 Å². The Hall–Kier alpha value is -2.82. The monoisotopic (exact) mass is 363 g/mol. The molecule has 1 aromatic carbocycles. The number of piperidine rings is 1. The van der Waals surface area contributed by atoms with Crippen LogP contribution in [0.4, 0.5) is 0 Å². The molecule has 4 rings (SSSR count). The molecule has 2 aromatic heterocycles. The first-order valence-corrected chi connectivity index (χ1v) is 9.55. The van der Waals surface area contributed by atoms with E-state index in [2.05, 4.69) is 18.8 Å². The van der Waals surface area contributed by atoms with E-state index in [1.54, 1.807) is 0 Å². The number of nitrogens with zero attached hydrogens (tertiary/aromatic N) is 3. The number of amides is 1. The van der Waals surface area contributed by atoms with Gasteiger partial charge in [-0.05, 0) is 55.5 Å². The smallest absolute Gasteiger partial charge is 0.253 e. The number of imidazole rings is 1. The van der Waals surface area contributed by atoms with Gasteiger partial charge in [-0.25, -0.2) is 4.98 Å². The maximum Gasteiger partial charge on any atom is 0.253 e. The first-order chi connectivity index (χ1) is 13.1. The molecule has 1 aliphatic rings. The Labute approximate surface area is 159 Å². The summed E-state index contributed by atoms with van der Waals surface area (Å²) in [5.74, 6) is 1.49. The number of aryl methyl sites for hydroxylation is 1. The van der Waals surface area contributed by atoms with Crippen LogP contribution >= 0.6 is 0 Å². The molecule has 5 nitrogen and oxygen atoms in total. The van der Waals surface area contributed by atoms with Crippen molar-refractivity contribution in [2.75, 3.05) is 13.1 Å². The van der Waals surface area contributed by atoms with Crippen molar-refractivity contribution in [3.63, 3.8) is 0 Å². The zero-order valence-corrected chi connectivity index (χ0v) is 15.9. The molecule has 1 fully saturated rings. The maximum atomic E-state index is 12.7. The third kappa shape index (κ3) is 3.97. The molecule has 140 valence electrons. The van der Waals surface area contributed by atoms with E-state index in [9.17, 15) is 4.79 Å². The molecule has 0 spiro atoms. The van der Waals surface area contributed by atoms with Crippen molar-refractivity contribution in [1.82, 2.24) is 14.3 Å². The van der Waals surface area contributed by atoms with Crippen molar-refractivity contribution in [3.8, 4) is 5.75 Å². The van der Waals surface area contributed by atoms with Crippen LogP contribution < -0.4 is 4.74 Å². The summed E-state index contributed by atoms with van der Waals surface area (Å²) in [6.45, 7) is 6.36. The molecule has 0 bridgehead atoms. The molecule has 27 heavy (non-hydrogen) atoms. The van der Waals surface area contributed by atoms with E-state index in [-0.39, 0.29) is 5.91 Å². The minimum absolute atomic E-state index is 0.0931. The molecule has 0 unspecified atom stereocenters. The average molecular weight is 363 g/mol. The highest BCUT2D eigenvalue weighted by atomic mass is 16.5. The quantitative estimate of drug-likeness (QED) is 0.701. The van der Waals surface area contributed by atoms with Crippen LogP contribution in [0, 0.1) is 12.8 Å². The molecule has 0 radical (unpaired) electrons. The van der Waals surface area contributed by atoms with E-state index in [0.29, 0.717) is 23.8 Å². The number of fused-ring (bicyclic) bond motifs is 1. The van der Waals surface area contributed by atoms with E-state index in [0.717, 1.165) is 37.3 Å². The predicted molar refractivity (Wildman–Crippen MR) is 105 cm³/mol. The Kier molecular flexibility index (Phi) is 4.84. The van der Waals surface area contributed by atoms with Gasteiger partial charge in [0.15, 0.2) is 0 Å². The summed E-state index contributed by atoms with van der Waals surface area (Å²) in [4.78, 5) is 19.3. The highest BCUT2D eigenvalue weighted by Crippen LogP contribution is 2.21. The Balaban J connectivity index is 1.43. The van der Waals surface area contributed by atoms with Gasteiger partial charge in [-0.3, -0.25) is 4.79 Å². The van der Waals surface area contributed by atoms with Crippen LogP contribution in [0.3, 0.4) is 0 Å². The second-order valence-corrected chi connectivity index (χ2v) is 7.50. The number of likely N-dealkylation sites (tertiary alicyclic amines) is 1. The number of carbonyl (C=O) groups excluding carboxylic acids is 1. The summed E-state index contributed by atoms with van der Waals surface area (Å²) in [6, 6.07) is 11.5. The van der Waals surface area contributed by atoms with Crippen LogP contribution in [-0.2, 0) is 6.61 Å². The second-order valence-electron chi connectivity index (χ2n) is 7.50. The molecule has 1 saturated heterocycles. The largest absolute Gasteiger partial charge is 0.487 e. The Morgan fingerprint density at radius 2 is 2.00 bits per heavy atom. The second kappa shape index (κ2) is 7.43. The number of carbonyl (C=O) groups is 1. The number of benzene rings is 1. The van der Waals surface area contributed by atoms with Gasteiger partial charge in [0.1, 0.15) is 18.0 Å². The average Bonchev–Trinajstić information content (AvgIpc) is 3.08. The van der Waals surface area contributed by atoms with Gasteiger partial charge in [-0.2, -0.15) is 0 Å². The minimum atomic E-state index is 0.0931. The summed E-state index contributed by atoms with van der Waals surface area (Å²) >= 11 is 0. The van der Waals surface area contributed by atoms with Crippen molar-refractivity contribution in [1.29, 1.82) is 0 Å². The van der Waals surface area contributed by atoms with Crippen LogP contribution in [0.1, 0.15) is 41.4 Å². The zero-order valence-electron chi connectivity index (χ0n) is 15.9. The van der Waals surface area contributed by atoms with Gasteiger partial charge >= 0.3 is 0 Å². The van der Waals surface area contributed by atoms with Crippen LogP contribution in [0.5, 0.6) is 5.75 Å². The molecule has 3 aromatic rings. The fourth-order valence-corrected chi connectivity index (χ4v) is 3.50. The molecule has 0 saturated carbocycles. The van der Waals surface area contributed by atoms with Gasteiger partial charge in [0.2, 0.25) is 0 Å². The van der Waals surface area contributed by atoms with Gasteiger partial charge in [0.25, 0.3) is 5.91 Å². The fraction of sp³-hybridized carbons (Fsp3) is 0.364. The molecule has 3 heterocycles. The number of rotatable bonds is 4. The Morgan fingerprint density at radius 1 is 1.19 bits per heavy atom. The summed E-state index contributed by atoms with van der Waals surface area (Å²) in [6.07, 6.45) is 6.18. The van der Waals surface area contributed by atoms with Gasteiger partial charge in [-0.1, -0.05) is 19.1 Å². The van der Waals surface area contributed by atoms with E-state index >= 15 is 0 Å². The lowest BCUT2D eigenvalue weighted by Gasteiger charge is -2.30.